The Labute approximate surface area is 304 Å². The van der Waals surface area contributed by atoms with Gasteiger partial charge >= 0.3 is 20.0 Å². The van der Waals surface area contributed by atoms with E-state index in [1.165, 1.54) is 35.3 Å². The molecule has 288 valence electrons. The van der Waals surface area contributed by atoms with Gasteiger partial charge in [0, 0.05) is 17.8 Å². The van der Waals surface area contributed by atoms with E-state index in [-0.39, 0.29) is 44.4 Å². The van der Waals surface area contributed by atoms with E-state index in [2.05, 4.69) is 39.2 Å². The van der Waals surface area contributed by atoms with Crippen molar-refractivity contribution in [2.75, 3.05) is 31.7 Å². The van der Waals surface area contributed by atoms with Crippen molar-refractivity contribution in [2.45, 2.75) is 76.1 Å². The number of phosphoric ester groups is 1. The number of nitrogens with two attached hydrogens (primary N) is 1. The first-order valence-corrected chi connectivity index (χ1v) is 18.1. The number of hydrogen-bond donors (Lipinski definition) is 4. The highest BCUT2D eigenvalue weighted by Crippen LogP contribution is 2.55. The van der Waals surface area contributed by atoms with E-state index in [4.69, 9.17) is 43.0 Å². The summed E-state index contributed by atoms with van der Waals surface area (Å²) in [4.78, 5) is 52.6. The van der Waals surface area contributed by atoms with Crippen LogP contribution in [0.4, 0.5) is 15.3 Å². The summed E-state index contributed by atoms with van der Waals surface area (Å²) in [6.45, 7) is 10.3. The van der Waals surface area contributed by atoms with Crippen LogP contribution in [0.5, 0.6) is 5.75 Å². The van der Waals surface area contributed by atoms with Gasteiger partial charge in [0.25, 0.3) is 5.91 Å². The molecule has 3 aliphatic rings. The minimum Gasteiger partial charge on any atom is -0.445 e. The molecule has 0 aliphatic carbocycles. The van der Waals surface area contributed by atoms with Crippen LogP contribution in [-0.4, -0.2) is 95.3 Å². The lowest BCUT2D eigenvalue weighted by atomic mass is 10.1. The molecule has 21 heteroatoms. The molecule has 2 saturated heterocycles. The first-order valence-electron chi connectivity index (χ1n) is 16.6. The number of unbranched alkanes of at least 4 members (excludes halogenated alkanes) is 1. The maximum absolute atomic E-state index is 13.5. The van der Waals surface area contributed by atoms with Crippen LogP contribution in [-0.2, 0) is 48.7 Å². The predicted molar refractivity (Wildman–Crippen MR) is 182 cm³/mol. The van der Waals surface area contributed by atoms with Crippen LogP contribution >= 0.6 is 7.82 Å². The number of benzene rings is 1. The topological polar surface area (TPSA) is 252 Å². The molecule has 53 heavy (non-hydrogen) atoms. The van der Waals surface area contributed by atoms with E-state index >= 15 is 0 Å². The van der Waals surface area contributed by atoms with Crippen molar-refractivity contribution in [1.82, 2.24) is 25.4 Å². The molecule has 4 heterocycles. The molecule has 1 aromatic carbocycles. The van der Waals surface area contributed by atoms with Crippen molar-refractivity contribution in [3.8, 4) is 5.75 Å². The van der Waals surface area contributed by atoms with E-state index in [0.29, 0.717) is 30.6 Å². The van der Waals surface area contributed by atoms with Crippen LogP contribution in [0.15, 0.2) is 49.8 Å². The number of ether oxygens (including phenoxy) is 5. The average Bonchev–Trinajstić information content (AvgIpc) is 3.82. The van der Waals surface area contributed by atoms with Crippen molar-refractivity contribution < 1.29 is 61.0 Å². The molecule has 2 aromatic rings. The predicted octanol–water partition coefficient (Wildman–Crippen LogP) is 2.83. The van der Waals surface area contributed by atoms with Gasteiger partial charge in [-0.05, 0) is 51.3 Å². The van der Waals surface area contributed by atoms with Gasteiger partial charge in [0.05, 0.1) is 13.2 Å². The number of anilines is 1. The number of nitrogens with zero attached hydrogens (tertiary/aromatic N) is 3. The lowest BCUT2D eigenvalue weighted by molar-refractivity contribution is -0.201. The monoisotopic (exact) mass is 763 g/mol. The Morgan fingerprint density at radius 1 is 1.11 bits per heavy atom. The van der Waals surface area contributed by atoms with Crippen molar-refractivity contribution >= 4 is 37.5 Å². The third kappa shape index (κ3) is 10.4. The molecule has 2 fully saturated rings. The summed E-state index contributed by atoms with van der Waals surface area (Å²) in [5.41, 5.74) is 6.10. The van der Waals surface area contributed by atoms with Crippen LogP contribution < -0.4 is 26.2 Å². The van der Waals surface area contributed by atoms with Crippen LogP contribution in [0, 0.1) is 0 Å². The number of carbonyl (C=O) groups is 4. The van der Waals surface area contributed by atoms with Gasteiger partial charge < -0.3 is 49.9 Å². The molecule has 1 unspecified atom stereocenters. The fraction of sp³-hybridized carbons (Fsp3) is 0.500. The normalized spacial score (nSPS) is 24.4. The Morgan fingerprint density at radius 3 is 2.57 bits per heavy atom. The summed E-state index contributed by atoms with van der Waals surface area (Å²) < 4.78 is 59.6. The summed E-state index contributed by atoms with van der Waals surface area (Å²) in [7, 11) is -4.15. The lowest BCUT2D eigenvalue weighted by Crippen LogP contribution is -2.44. The second kappa shape index (κ2) is 17.3. The second-order valence-electron chi connectivity index (χ2n) is 12.4. The summed E-state index contributed by atoms with van der Waals surface area (Å²) in [5, 5.41) is 12.0. The van der Waals surface area contributed by atoms with Crippen molar-refractivity contribution in [3.05, 3.63) is 61.2 Å². The van der Waals surface area contributed by atoms with E-state index in [1.807, 2.05) is 0 Å². The number of alkyl carbamates (subject to hydrolysis) is 2. The molecule has 0 bridgehead atoms. The molecule has 4 amide bonds. The number of carbonyl (C=O) groups excluding carboxylic acids is 4. The van der Waals surface area contributed by atoms with Crippen molar-refractivity contribution in [1.29, 1.82) is 0 Å². The van der Waals surface area contributed by atoms with E-state index in [0.717, 1.165) is 0 Å². The highest BCUT2D eigenvalue weighted by Gasteiger charge is 2.57. The van der Waals surface area contributed by atoms with Crippen molar-refractivity contribution in [2.24, 2.45) is 5.73 Å². The van der Waals surface area contributed by atoms with Gasteiger partial charge in [-0.2, -0.15) is 0 Å². The number of amides is 4. The number of fused-ring (bicyclic) bond motifs is 2. The molecule has 0 saturated carbocycles. The van der Waals surface area contributed by atoms with Gasteiger partial charge in [-0.25, -0.2) is 23.8 Å². The third-order valence-corrected chi connectivity index (χ3v) is 9.22. The van der Waals surface area contributed by atoms with Gasteiger partial charge in [-0.3, -0.25) is 18.6 Å². The first kappa shape index (κ1) is 39.4. The summed E-state index contributed by atoms with van der Waals surface area (Å²) in [6.07, 6.45) is 0.902. The second-order valence-corrected chi connectivity index (χ2v) is 13.9. The Morgan fingerprint density at radius 2 is 1.85 bits per heavy atom. The maximum Gasteiger partial charge on any atom is 0.530 e. The van der Waals surface area contributed by atoms with E-state index in [1.54, 1.807) is 19.9 Å². The molecule has 5 N–H and O–H groups in total. The Kier molecular flexibility index (Phi) is 12.9. The van der Waals surface area contributed by atoms with Crippen LogP contribution in [0.25, 0.3) is 0 Å². The minimum absolute atomic E-state index is 0.0485. The largest absolute Gasteiger partial charge is 0.530 e. The molecule has 0 spiro atoms. The lowest BCUT2D eigenvalue weighted by Gasteiger charge is -2.27. The number of phosphoric acid groups is 1. The van der Waals surface area contributed by atoms with Gasteiger partial charge in [-0.15, -0.1) is 5.10 Å². The quantitative estimate of drug-likeness (QED) is 0.103. The van der Waals surface area contributed by atoms with Crippen molar-refractivity contribution in [3.63, 3.8) is 0 Å². The highest BCUT2D eigenvalue weighted by molar-refractivity contribution is 7.49. The average molecular weight is 764 g/mol. The third-order valence-electron chi connectivity index (χ3n) is 7.89. The fourth-order valence-electron chi connectivity index (χ4n) is 5.57. The molecule has 0 radical (unpaired) electrons. The number of hydrogen-bond acceptors (Lipinski definition) is 15. The maximum atomic E-state index is 13.5. The van der Waals surface area contributed by atoms with Crippen LogP contribution in [0.3, 0.4) is 0 Å². The number of primary amides is 1. The molecular weight excluding hydrogens is 721 g/mol. The van der Waals surface area contributed by atoms with Gasteiger partial charge in [0.2, 0.25) is 11.7 Å². The van der Waals surface area contributed by atoms with E-state index < -0.39 is 68.2 Å². The van der Waals surface area contributed by atoms with Gasteiger partial charge in [0.1, 0.15) is 49.6 Å². The zero-order valence-corrected chi connectivity index (χ0v) is 30.0. The molecule has 1 aromatic heterocycles. The first-order chi connectivity index (χ1) is 25.3. The summed E-state index contributed by atoms with van der Waals surface area (Å²) >= 11 is 0. The fourth-order valence-corrected chi connectivity index (χ4v) is 6.79. The number of nitrogens with one attached hydrogen (secondary N) is 3. The summed E-state index contributed by atoms with van der Waals surface area (Å²) in [6, 6.07) is 3.61. The van der Waals surface area contributed by atoms with Gasteiger partial charge in [0.15, 0.2) is 12.0 Å². The highest BCUT2D eigenvalue weighted by atomic mass is 31.2. The number of rotatable bonds is 17. The Bertz CT molecular complexity index is 1740. The van der Waals surface area contributed by atoms with Crippen LogP contribution in [0.1, 0.15) is 55.5 Å². The zero-order valence-electron chi connectivity index (χ0n) is 29.1. The molecule has 6 atom stereocenters. The molecular formula is C32H42N7O13P. The molecule has 3 aliphatic heterocycles. The Balaban J connectivity index is 1.16. The van der Waals surface area contributed by atoms with E-state index in [9.17, 15) is 23.7 Å². The molecule has 5 rings (SSSR count). The Hall–Kier alpha value is -4.85. The minimum atomic E-state index is -4.15. The molecule has 20 nitrogen and oxygen atoms in total. The van der Waals surface area contributed by atoms with Crippen LogP contribution in [0.2, 0.25) is 0 Å². The SMILES string of the molecule is C=CCOC(=O)NCCCC[C@H](NC(=O)OCC=C)C(=O)Nc1ccc2c(c1)COP(=O)(OC[C@H]1O[C@@H](n3cnc(C(N)=O)n3)[C@@H]3OC(C)(C)O[C@@H]31)O2. The number of aromatic nitrogens is 3. The summed E-state index contributed by atoms with van der Waals surface area (Å²) in [5.74, 6) is -2.33. The standard InChI is InChI=1S/C32H42N7O13P/c1-5-13-45-30(42)34-12-8-7-9-21(37-31(43)46-14-6-2)28(41)36-20-10-11-22-19(15-20)16-47-53(44,52-22)48-17-23-24-25(51-32(3,4)50-24)29(49-23)39-18-35-27(38-39)26(33)40/h5-6,10-11,15,18,21,23-25,29H,1-2,7-9,12-14,16-17H2,3-4H3,(H2,33,40)(H,34,42)(H,36,41)(H,37,43)/t21-,23+,24+,25+,29+,53?/m0/s1. The smallest absolute Gasteiger partial charge is 0.445 e. The zero-order chi connectivity index (χ0) is 38.2. The van der Waals surface area contributed by atoms with Gasteiger partial charge in [-0.1, -0.05) is 25.3 Å².